The fraction of sp³-hybridized carbons (Fsp3) is 0. The van der Waals surface area contributed by atoms with Gasteiger partial charge in [-0.2, -0.15) is 0 Å². The maximum Gasteiger partial charge on any atom is 0.139 e. The van der Waals surface area contributed by atoms with Gasteiger partial charge in [-0.3, -0.25) is 0 Å². The normalized spacial score (nSPS) is 11.2. The van der Waals surface area contributed by atoms with Crippen LogP contribution >= 0.6 is 15.9 Å². The largest absolute Gasteiger partial charge is 0.206 e. The lowest BCUT2D eigenvalue weighted by molar-refractivity contribution is 0.644. The van der Waals surface area contributed by atoms with Crippen molar-refractivity contribution in [3.05, 3.63) is 83.1 Å². The van der Waals surface area contributed by atoms with Crippen molar-refractivity contribution >= 4 is 37.5 Å². The van der Waals surface area contributed by atoms with Crippen molar-refractivity contribution in [3.63, 3.8) is 0 Å². The Bertz CT molecular complexity index is 988. The van der Waals surface area contributed by atoms with E-state index in [1.54, 1.807) is 0 Å². The lowest BCUT2D eigenvalue weighted by atomic mass is 9.92. The van der Waals surface area contributed by atoms with Gasteiger partial charge >= 0.3 is 0 Å². The summed E-state index contributed by atoms with van der Waals surface area (Å²) in [6.07, 6.45) is 0. The van der Waals surface area contributed by atoms with Crippen LogP contribution in [-0.4, -0.2) is 0 Å². The highest BCUT2D eigenvalue weighted by Gasteiger charge is 2.15. The summed E-state index contributed by atoms with van der Waals surface area (Å²) in [6.45, 7) is 0. The number of rotatable bonds is 1. The molecule has 0 nitrogen and oxygen atoms in total. The highest BCUT2D eigenvalue weighted by molar-refractivity contribution is 9.10. The molecule has 0 heterocycles. The molecule has 0 bridgehead atoms. The predicted octanol–water partition coefficient (Wildman–Crippen LogP) is 6.56. The van der Waals surface area contributed by atoms with E-state index in [-0.39, 0.29) is 5.82 Å². The van der Waals surface area contributed by atoms with Crippen molar-refractivity contribution < 1.29 is 4.39 Å². The van der Waals surface area contributed by atoms with E-state index >= 15 is 4.39 Å². The van der Waals surface area contributed by atoms with E-state index in [0.29, 0.717) is 10.9 Å². The van der Waals surface area contributed by atoms with Gasteiger partial charge in [-0.05, 0) is 33.9 Å². The second kappa shape index (κ2) is 5.22. The number of fused-ring (bicyclic) bond motifs is 3. The molecule has 0 aromatic heterocycles. The molecule has 22 heavy (non-hydrogen) atoms. The standard InChI is InChI=1S/C20H12BrF/c21-14-11-9-13(10-12-14)19-17-7-3-1-5-15(17)16-6-2-4-8-18(16)20(19)22/h1-12H. The Morgan fingerprint density at radius 3 is 1.73 bits per heavy atom. The van der Waals surface area contributed by atoms with Crippen molar-refractivity contribution in [1.82, 2.24) is 0 Å². The van der Waals surface area contributed by atoms with E-state index in [9.17, 15) is 0 Å². The predicted molar refractivity (Wildman–Crippen MR) is 94.5 cm³/mol. The first-order valence-corrected chi connectivity index (χ1v) is 7.90. The summed E-state index contributed by atoms with van der Waals surface area (Å²) >= 11 is 3.43. The lowest BCUT2D eigenvalue weighted by Gasteiger charge is -2.13. The third-order valence-corrected chi connectivity index (χ3v) is 4.53. The minimum absolute atomic E-state index is 0.156. The average molecular weight is 351 g/mol. The molecule has 4 aromatic carbocycles. The Hall–Kier alpha value is -2.19. The molecule has 0 saturated heterocycles. The molecule has 0 N–H and O–H groups in total. The van der Waals surface area contributed by atoms with Crippen LogP contribution < -0.4 is 0 Å². The summed E-state index contributed by atoms with van der Waals surface area (Å²) in [5, 5.41) is 3.65. The fourth-order valence-electron chi connectivity index (χ4n) is 3.00. The Labute approximate surface area is 136 Å². The van der Waals surface area contributed by atoms with E-state index in [2.05, 4.69) is 22.0 Å². The van der Waals surface area contributed by atoms with Gasteiger partial charge in [-0.1, -0.05) is 76.6 Å². The molecule has 0 aliphatic rings. The van der Waals surface area contributed by atoms with E-state index < -0.39 is 0 Å². The van der Waals surface area contributed by atoms with Crippen molar-refractivity contribution in [2.45, 2.75) is 0 Å². The van der Waals surface area contributed by atoms with Gasteiger partial charge in [0.15, 0.2) is 0 Å². The Kier molecular flexibility index (Phi) is 3.20. The molecular weight excluding hydrogens is 339 g/mol. The minimum atomic E-state index is -0.156. The topological polar surface area (TPSA) is 0 Å². The summed E-state index contributed by atoms with van der Waals surface area (Å²) in [7, 11) is 0. The highest BCUT2D eigenvalue weighted by Crippen LogP contribution is 2.38. The van der Waals surface area contributed by atoms with E-state index in [4.69, 9.17) is 0 Å². The highest BCUT2D eigenvalue weighted by atomic mass is 79.9. The van der Waals surface area contributed by atoms with Gasteiger partial charge in [-0.15, -0.1) is 0 Å². The molecule has 0 fully saturated rings. The van der Waals surface area contributed by atoms with Crippen LogP contribution in [0, 0.1) is 5.82 Å². The summed E-state index contributed by atoms with van der Waals surface area (Å²) in [5.74, 6) is -0.156. The lowest BCUT2D eigenvalue weighted by Crippen LogP contribution is -1.90. The summed E-state index contributed by atoms with van der Waals surface area (Å²) in [5.41, 5.74) is 1.56. The molecule has 0 amide bonds. The summed E-state index contributed by atoms with van der Waals surface area (Å²) < 4.78 is 16.2. The molecule has 0 spiro atoms. The van der Waals surface area contributed by atoms with Gasteiger partial charge in [-0.25, -0.2) is 4.39 Å². The Morgan fingerprint density at radius 1 is 0.591 bits per heavy atom. The van der Waals surface area contributed by atoms with E-state index in [1.807, 2.05) is 66.7 Å². The first-order chi connectivity index (χ1) is 10.8. The molecule has 0 aliphatic carbocycles. The van der Waals surface area contributed by atoms with Gasteiger partial charge < -0.3 is 0 Å². The molecule has 0 saturated carbocycles. The molecule has 2 heteroatoms. The number of halogens is 2. The number of hydrogen-bond acceptors (Lipinski definition) is 0. The summed E-state index contributed by atoms with van der Waals surface area (Å²) in [4.78, 5) is 0. The quantitative estimate of drug-likeness (QED) is 0.341. The zero-order valence-corrected chi connectivity index (χ0v) is 13.3. The van der Waals surface area contributed by atoms with Gasteiger partial charge in [0.2, 0.25) is 0 Å². The Morgan fingerprint density at radius 2 is 1.09 bits per heavy atom. The Balaban J connectivity index is 2.20. The zero-order valence-electron chi connectivity index (χ0n) is 11.7. The maximum absolute atomic E-state index is 15.2. The van der Waals surface area contributed by atoms with Crippen LogP contribution in [0.1, 0.15) is 0 Å². The second-order valence-corrected chi connectivity index (χ2v) is 6.20. The molecule has 4 rings (SSSR count). The zero-order chi connectivity index (χ0) is 15.1. The van der Waals surface area contributed by atoms with Crippen LogP contribution in [0.2, 0.25) is 0 Å². The molecule has 0 aliphatic heterocycles. The van der Waals surface area contributed by atoms with Crippen molar-refractivity contribution in [1.29, 1.82) is 0 Å². The second-order valence-electron chi connectivity index (χ2n) is 5.29. The first kappa shape index (κ1) is 13.5. The third kappa shape index (κ3) is 2.03. The number of benzene rings is 4. The first-order valence-electron chi connectivity index (χ1n) is 7.10. The van der Waals surface area contributed by atoms with Crippen molar-refractivity contribution in [2.24, 2.45) is 0 Å². The summed E-state index contributed by atoms with van der Waals surface area (Å²) in [6, 6.07) is 23.4. The van der Waals surface area contributed by atoms with Gasteiger partial charge in [0.05, 0.1) is 0 Å². The van der Waals surface area contributed by atoms with Gasteiger partial charge in [0.1, 0.15) is 5.82 Å². The maximum atomic E-state index is 15.2. The molecule has 0 radical (unpaired) electrons. The number of hydrogen-bond donors (Lipinski definition) is 0. The fourth-order valence-corrected chi connectivity index (χ4v) is 3.26. The smallest absolute Gasteiger partial charge is 0.139 e. The molecule has 0 unspecified atom stereocenters. The molecule has 0 atom stereocenters. The van der Waals surface area contributed by atoms with Crippen LogP contribution in [0.25, 0.3) is 32.7 Å². The van der Waals surface area contributed by atoms with Gasteiger partial charge in [0.25, 0.3) is 0 Å². The van der Waals surface area contributed by atoms with Crippen LogP contribution in [0.4, 0.5) is 4.39 Å². The minimum Gasteiger partial charge on any atom is -0.206 e. The molecule has 106 valence electrons. The van der Waals surface area contributed by atoms with Crippen molar-refractivity contribution in [2.75, 3.05) is 0 Å². The van der Waals surface area contributed by atoms with Crippen LogP contribution in [-0.2, 0) is 0 Å². The van der Waals surface area contributed by atoms with Crippen LogP contribution in [0.5, 0.6) is 0 Å². The van der Waals surface area contributed by atoms with E-state index in [1.165, 1.54) is 0 Å². The molecule has 4 aromatic rings. The average Bonchev–Trinajstić information content (AvgIpc) is 2.57. The molecular formula is C20H12BrF. The third-order valence-electron chi connectivity index (χ3n) is 4.00. The monoisotopic (exact) mass is 350 g/mol. The SMILES string of the molecule is Fc1c(-c2ccc(Br)cc2)c2ccccc2c2ccccc12. The van der Waals surface area contributed by atoms with E-state index in [0.717, 1.165) is 26.2 Å². The van der Waals surface area contributed by atoms with Crippen LogP contribution in [0.15, 0.2) is 77.3 Å². The van der Waals surface area contributed by atoms with Crippen LogP contribution in [0.3, 0.4) is 0 Å². The van der Waals surface area contributed by atoms with Crippen molar-refractivity contribution in [3.8, 4) is 11.1 Å². The van der Waals surface area contributed by atoms with Gasteiger partial charge in [0, 0.05) is 15.4 Å².